The van der Waals surface area contributed by atoms with Gasteiger partial charge in [-0.3, -0.25) is 0 Å². The van der Waals surface area contributed by atoms with Crippen LogP contribution in [0, 0.1) is 6.92 Å². The summed E-state index contributed by atoms with van der Waals surface area (Å²) in [6.07, 6.45) is 0.964. The lowest BCUT2D eigenvalue weighted by molar-refractivity contribution is 0.163. The predicted octanol–water partition coefficient (Wildman–Crippen LogP) is 2.69. The van der Waals surface area contributed by atoms with Gasteiger partial charge in [-0.25, -0.2) is 9.67 Å². The molecule has 0 saturated heterocycles. The summed E-state index contributed by atoms with van der Waals surface area (Å²) in [5.41, 5.74) is 8.26. The maximum absolute atomic E-state index is 9.91. The van der Waals surface area contributed by atoms with Gasteiger partial charge >= 0.3 is 0 Å². The lowest BCUT2D eigenvalue weighted by Gasteiger charge is -2.12. The van der Waals surface area contributed by atoms with Gasteiger partial charge < -0.3 is 10.8 Å². The number of aromatic nitrogens is 3. The summed E-state index contributed by atoms with van der Waals surface area (Å²) in [7, 11) is 0. The highest BCUT2D eigenvalue weighted by atomic mass is 35.5. The molecule has 3 rings (SSSR count). The second-order valence-corrected chi connectivity index (χ2v) is 6.57. The Morgan fingerprint density at radius 3 is 2.39 bits per heavy atom. The zero-order valence-corrected chi connectivity index (χ0v) is 14.6. The monoisotopic (exact) mass is 336 g/mol. The lowest BCUT2D eigenvalue weighted by Crippen LogP contribution is -2.28. The quantitative estimate of drug-likeness (QED) is 0.903. The minimum absolute atomic E-state index is 0. The van der Waals surface area contributed by atoms with Gasteiger partial charge in [-0.1, -0.05) is 26.0 Å². The molecule has 0 amide bonds. The minimum Gasteiger partial charge on any atom is -0.391 e. The smallest absolute Gasteiger partial charge is 0.148 e. The first-order valence-electron chi connectivity index (χ1n) is 7.93. The molecular formula is C17H25ClN4O. The fraction of sp³-hybridized carbons (Fsp3) is 0.529. The minimum atomic E-state index is -0.446. The van der Waals surface area contributed by atoms with E-state index < -0.39 is 6.10 Å². The third kappa shape index (κ3) is 3.57. The maximum Gasteiger partial charge on any atom is 0.148 e. The number of hydrogen-bond acceptors (Lipinski definition) is 4. The number of halogens is 1. The van der Waals surface area contributed by atoms with Crippen LogP contribution in [-0.4, -0.2) is 32.0 Å². The van der Waals surface area contributed by atoms with Crippen molar-refractivity contribution < 1.29 is 5.11 Å². The van der Waals surface area contributed by atoms with Crippen LogP contribution in [0.15, 0.2) is 24.3 Å². The van der Waals surface area contributed by atoms with E-state index in [0.717, 1.165) is 23.8 Å². The fourth-order valence-electron chi connectivity index (χ4n) is 3.15. The number of nitrogens with two attached hydrogens (primary N) is 1. The molecule has 3 N–H and O–H groups in total. The Morgan fingerprint density at radius 2 is 1.87 bits per heavy atom. The van der Waals surface area contributed by atoms with Gasteiger partial charge in [-0.05, 0) is 43.4 Å². The molecule has 0 bridgehead atoms. The Morgan fingerprint density at radius 1 is 1.22 bits per heavy atom. The SMILES string of the molecule is Cc1nc([C@H]2C[C@H](N)[C@@H](O)C2)n(-c2ccc(C(C)C)cc2)n1.Cl. The number of aliphatic hydroxyl groups is 1. The molecule has 3 atom stereocenters. The molecule has 0 unspecified atom stereocenters. The molecule has 1 heterocycles. The Labute approximate surface area is 143 Å². The molecule has 1 aliphatic rings. The molecule has 0 radical (unpaired) electrons. The number of benzene rings is 1. The van der Waals surface area contributed by atoms with Crippen LogP contribution in [0.1, 0.15) is 55.7 Å². The summed E-state index contributed by atoms with van der Waals surface area (Å²) >= 11 is 0. The molecule has 1 aromatic heterocycles. The topological polar surface area (TPSA) is 77.0 Å². The largest absolute Gasteiger partial charge is 0.391 e. The summed E-state index contributed by atoms with van der Waals surface area (Å²) in [4.78, 5) is 4.58. The second-order valence-electron chi connectivity index (χ2n) is 6.57. The van der Waals surface area contributed by atoms with Crippen molar-refractivity contribution in [2.24, 2.45) is 5.73 Å². The average molecular weight is 337 g/mol. The highest BCUT2D eigenvalue weighted by molar-refractivity contribution is 5.85. The standard InChI is InChI=1S/C17H24N4O.ClH/c1-10(2)12-4-6-14(7-5-12)21-17(19-11(3)20-21)13-8-15(18)16(22)9-13;/h4-7,10,13,15-16,22H,8-9,18H2,1-3H3;1H/t13-,15-,16-;/m0./s1. The average Bonchev–Trinajstić information content (AvgIpc) is 3.02. The van der Waals surface area contributed by atoms with Crippen molar-refractivity contribution in [3.05, 3.63) is 41.5 Å². The van der Waals surface area contributed by atoms with Crippen molar-refractivity contribution in [1.82, 2.24) is 14.8 Å². The van der Waals surface area contributed by atoms with Crippen molar-refractivity contribution in [2.45, 2.75) is 57.6 Å². The zero-order valence-electron chi connectivity index (χ0n) is 13.8. The number of rotatable bonds is 3. The number of aliphatic hydroxyl groups excluding tert-OH is 1. The van der Waals surface area contributed by atoms with Gasteiger partial charge in [0, 0.05) is 12.0 Å². The highest BCUT2D eigenvalue weighted by Crippen LogP contribution is 2.34. The molecule has 2 aromatic rings. The van der Waals surface area contributed by atoms with Gasteiger partial charge in [0.15, 0.2) is 0 Å². The van der Waals surface area contributed by atoms with E-state index in [4.69, 9.17) is 5.73 Å². The van der Waals surface area contributed by atoms with Gasteiger partial charge in [-0.2, -0.15) is 5.10 Å². The molecule has 126 valence electrons. The molecule has 1 aliphatic carbocycles. The van der Waals surface area contributed by atoms with E-state index in [0.29, 0.717) is 12.3 Å². The summed E-state index contributed by atoms with van der Waals surface area (Å²) < 4.78 is 1.90. The van der Waals surface area contributed by atoms with E-state index >= 15 is 0 Å². The first kappa shape index (κ1) is 17.9. The Bertz CT molecular complexity index is 643. The van der Waals surface area contributed by atoms with Crippen molar-refractivity contribution in [2.75, 3.05) is 0 Å². The number of aryl methyl sites for hydroxylation is 1. The first-order valence-corrected chi connectivity index (χ1v) is 7.93. The van der Waals surface area contributed by atoms with Crippen molar-refractivity contribution in [1.29, 1.82) is 0 Å². The third-order valence-corrected chi connectivity index (χ3v) is 4.48. The second kappa shape index (κ2) is 6.99. The normalized spacial score (nSPS) is 24.0. The van der Waals surface area contributed by atoms with Gasteiger partial charge in [0.05, 0.1) is 11.8 Å². The van der Waals surface area contributed by atoms with E-state index in [-0.39, 0.29) is 24.4 Å². The van der Waals surface area contributed by atoms with Crippen LogP contribution in [0.3, 0.4) is 0 Å². The fourth-order valence-corrected chi connectivity index (χ4v) is 3.15. The van der Waals surface area contributed by atoms with Crippen LogP contribution in [-0.2, 0) is 0 Å². The molecule has 1 fully saturated rings. The molecule has 0 aliphatic heterocycles. The van der Waals surface area contributed by atoms with Crippen LogP contribution >= 0.6 is 12.4 Å². The molecular weight excluding hydrogens is 312 g/mol. The van der Waals surface area contributed by atoms with E-state index in [1.165, 1.54) is 5.56 Å². The van der Waals surface area contributed by atoms with E-state index in [1.54, 1.807) is 0 Å². The van der Waals surface area contributed by atoms with E-state index in [2.05, 4.69) is 48.2 Å². The number of nitrogens with zero attached hydrogens (tertiary/aromatic N) is 3. The summed E-state index contributed by atoms with van der Waals surface area (Å²) in [5.74, 6) is 2.32. The zero-order chi connectivity index (χ0) is 15.9. The van der Waals surface area contributed by atoms with Crippen molar-refractivity contribution >= 4 is 12.4 Å². The van der Waals surface area contributed by atoms with Gasteiger partial charge in [0.2, 0.25) is 0 Å². The van der Waals surface area contributed by atoms with Crippen molar-refractivity contribution in [3.63, 3.8) is 0 Å². The molecule has 5 nitrogen and oxygen atoms in total. The number of hydrogen-bond donors (Lipinski definition) is 2. The van der Waals surface area contributed by atoms with Gasteiger partial charge in [0.1, 0.15) is 11.6 Å². The molecule has 1 aromatic carbocycles. The predicted molar refractivity (Wildman–Crippen MR) is 93.4 cm³/mol. The van der Waals surface area contributed by atoms with E-state index in [1.807, 2.05) is 11.6 Å². The van der Waals surface area contributed by atoms with Crippen LogP contribution in [0.4, 0.5) is 0 Å². The maximum atomic E-state index is 9.91. The van der Waals surface area contributed by atoms with E-state index in [9.17, 15) is 5.11 Å². The Balaban J connectivity index is 0.00000192. The summed E-state index contributed by atoms with van der Waals surface area (Å²) in [6.45, 7) is 6.26. The molecule has 0 spiro atoms. The summed E-state index contributed by atoms with van der Waals surface area (Å²) in [5, 5.41) is 14.4. The Kier molecular flexibility index (Phi) is 5.45. The lowest BCUT2D eigenvalue weighted by atomic mass is 10.0. The Hall–Kier alpha value is -1.43. The van der Waals surface area contributed by atoms with Crippen LogP contribution < -0.4 is 5.73 Å². The summed E-state index contributed by atoms with van der Waals surface area (Å²) in [6, 6.07) is 8.27. The molecule has 6 heteroatoms. The van der Waals surface area contributed by atoms with Crippen LogP contribution in [0.25, 0.3) is 5.69 Å². The molecule has 1 saturated carbocycles. The van der Waals surface area contributed by atoms with Gasteiger partial charge in [-0.15, -0.1) is 12.4 Å². The van der Waals surface area contributed by atoms with Gasteiger partial charge in [0.25, 0.3) is 0 Å². The van der Waals surface area contributed by atoms with Crippen LogP contribution in [0.5, 0.6) is 0 Å². The third-order valence-electron chi connectivity index (χ3n) is 4.48. The van der Waals surface area contributed by atoms with Crippen molar-refractivity contribution in [3.8, 4) is 5.69 Å². The first-order chi connectivity index (χ1) is 10.5. The van der Waals surface area contributed by atoms with Crippen LogP contribution in [0.2, 0.25) is 0 Å². The molecule has 23 heavy (non-hydrogen) atoms. The highest BCUT2D eigenvalue weighted by Gasteiger charge is 2.34.